The molecule has 1 saturated heterocycles. The molecule has 8 nitrogen and oxygen atoms in total. The Kier molecular flexibility index (Phi) is 5.61. The minimum atomic E-state index is -2.32. The minimum absolute atomic E-state index is 0.0494. The van der Waals surface area contributed by atoms with Gasteiger partial charge in [-0.2, -0.15) is 0 Å². The Balaban J connectivity index is 1.56. The lowest BCUT2D eigenvalue weighted by molar-refractivity contribution is -0.307. The van der Waals surface area contributed by atoms with E-state index in [-0.39, 0.29) is 27.9 Å². The maximum Gasteiger partial charge on any atom is 0.236 e. The minimum Gasteiger partial charge on any atom is -0.460 e. The van der Waals surface area contributed by atoms with E-state index < -0.39 is 35.6 Å². The van der Waals surface area contributed by atoms with Crippen LogP contribution in [0.25, 0.3) is 12.2 Å². The number of nitrogens with zero attached hydrogens (tertiary/aromatic N) is 1. The van der Waals surface area contributed by atoms with E-state index in [0.717, 1.165) is 21.4 Å². The first-order valence-electron chi connectivity index (χ1n) is 12.3. The van der Waals surface area contributed by atoms with Gasteiger partial charge >= 0.3 is 0 Å². The lowest BCUT2D eigenvalue weighted by Gasteiger charge is -2.42. The monoisotopic (exact) mass is 579 g/mol. The van der Waals surface area contributed by atoms with E-state index in [1.807, 2.05) is 44.2 Å². The maximum absolute atomic E-state index is 13.8. The summed E-state index contributed by atoms with van der Waals surface area (Å²) < 4.78 is 12.5. The number of allylic oxidation sites excluding steroid dienone is 4. The van der Waals surface area contributed by atoms with Crippen molar-refractivity contribution in [3.8, 4) is 5.75 Å². The fourth-order valence-corrected chi connectivity index (χ4v) is 6.19. The number of ether oxygens (including phenoxy) is 2. The molecule has 1 aliphatic carbocycles. The van der Waals surface area contributed by atoms with E-state index in [2.05, 4.69) is 27.4 Å². The van der Waals surface area contributed by atoms with Crippen molar-refractivity contribution in [1.29, 1.82) is 0 Å². The van der Waals surface area contributed by atoms with E-state index in [4.69, 9.17) is 9.47 Å². The van der Waals surface area contributed by atoms with Crippen LogP contribution in [-0.4, -0.2) is 50.6 Å². The highest BCUT2D eigenvalue weighted by Crippen LogP contribution is 2.45. The molecule has 0 amide bonds. The average Bonchev–Trinajstić information content (AvgIpc) is 3.28. The molecule has 2 aromatic carbocycles. The Labute approximate surface area is 226 Å². The van der Waals surface area contributed by atoms with Gasteiger partial charge in [0.15, 0.2) is 16.8 Å². The number of Topliss-reactive ketones (excluding diaryl/α,β-unsaturated/α-hetero) is 1. The zero-order valence-corrected chi connectivity index (χ0v) is 22.6. The van der Waals surface area contributed by atoms with E-state index in [1.165, 1.54) is 13.0 Å². The summed E-state index contributed by atoms with van der Waals surface area (Å²) in [6.07, 6.45) is -3.57. The highest BCUT2D eigenvalue weighted by atomic mass is 79.9. The number of carbonyl (C=O) groups excluding carboxylic acids is 1. The van der Waals surface area contributed by atoms with Crippen LogP contribution in [0.4, 0.5) is 0 Å². The van der Waals surface area contributed by atoms with Crippen LogP contribution in [0.2, 0.25) is 0 Å². The highest BCUT2D eigenvalue weighted by molar-refractivity contribution is 9.10. The van der Waals surface area contributed by atoms with Crippen molar-refractivity contribution in [3.63, 3.8) is 0 Å². The SMILES string of the molecule is C=c1c2c(c(=O)cc3c1=C1C=C(C)N(Cc4ccc(Br)cc4)C(C)=C1C3=O)C1(O)C(O2)OC(C)C(O)C1O. The lowest BCUT2D eigenvalue weighted by atomic mass is 9.82. The van der Waals surface area contributed by atoms with E-state index in [0.29, 0.717) is 22.9 Å². The zero-order chi connectivity index (χ0) is 27.3. The normalized spacial score (nSPS) is 29.4. The Morgan fingerprint density at radius 1 is 1.16 bits per heavy atom. The molecule has 0 spiro atoms. The van der Waals surface area contributed by atoms with Crippen LogP contribution in [0.1, 0.15) is 42.3 Å². The van der Waals surface area contributed by atoms with Crippen molar-refractivity contribution < 1.29 is 29.6 Å². The number of rotatable bonds is 2. The number of hydrogen-bond acceptors (Lipinski definition) is 8. The van der Waals surface area contributed by atoms with Crippen molar-refractivity contribution in [3.05, 3.63) is 95.2 Å². The molecular weight excluding hydrogens is 554 g/mol. The summed E-state index contributed by atoms with van der Waals surface area (Å²) >= 11 is 3.45. The van der Waals surface area contributed by atoms with Gasteiger partial charge in [-0.3, -0.25) is 9.59 Å². The summed E-state index contributed by atoms with van der Waals surface area (Å²) in [5, 5.41) is 33.3. The predicted molar refractivity (Wildman–Crippen MR) is 142 cm³/mol. The van der Waals surface area contributed by atoms with E-state index in [1.54, 1.807) is 0 Å². The molecule has 4 aliphatic rings. The van der Waals surface area contributed by atoms with Gasteiger partial charge < -0.3 is 29.7 Å². The average molecular weight is 580 g/mol. The van der Waals surface area contributed by atoms with E-state index in [9.17, 15) is 24.9 Å². The third-order valence-electron chi connectivity index (χ3n) is 7.98. The molecule has 0 bridgehead atoms. The van der Waals surface area contributed by atoms with Crippen LogP contribution < -0.4 is 20.6 Å². The van der Waals surface area contributed by atoms with Crippen LogP contribution in [0.3, 0.4) is 0 Å². The van der Waals surface area contributed by atoms with Gasteiger partial charge in [-0.1, -0.05) is 34.6 Å². The maximum atomic E-state index is 13.8. The molecule has 0 saturated carbocycles. The summed E-state index contributed by atoms with van der Waals surface area (Å²) in [6.45, 7) is 10.1. The molecule has 5 unspecified atom stereocenters. The molecule has 1 fully saturated rings. The van der Waals surface area contributed by atoms with Gasteiger partial charge in [0, 0.05) is 44.0 Å². The van der Waals surface area contributed by atoms with Gasteiger partial charge in [-0.25, -0.2) is 0 Å². The summed E-state index contributed by atoms with van der Waals surface area (Å²) in [6, 6.07) is 9.12. The second-order valence-electron chi connectivity index (χ2n) is 10.2. The molecular formula is C29H26BrNO7. The van der Waals surface area contributed by atoms with Crippen LogP contribution in [0, 0.1) is 0 Å². The molecule has 3 heterocycles. The molecule has 196 valence electrons. The zero-order valence-electron chi connectivity index (χ0n) is 21.0. The Hall–Kier alpha value is -3.08. The lowest BCUT2D eigenvalue weighted by Crippen LogP contribution is -2.63. The number of benzene rings is 1. The standard InChI is InChI=1S/C29H26BrNO7/c1-12-9-18-21-13(2)26-23(29(36)27(35)24(33)15(4)37-28(29)38-26)20(32)10-19(21)25(34)22(18)14(3)31(12)11-16-5-7-17(30)8-6-16/h5-10,15,24,27-28,33,35-36H,2,11H2,1,3-4H3. The molecule has 0 aromatic heterocycles. The van der Waals surface area contributed by atoms with E-state index >= 15 is 0 Å². The van der Waals surface area contributed by atoms with Gasteiger partial charge in [0.05, 0.1) is 11.7 Å². The molecule has 9 heteroatoms. The smallest absolute Gasteiger partial charge is 0.236 e. The first kappa shape index (κ1) is 25.2. The molecule has 38 heavy (non-hydrogen) atoms. The van der Waals surface area contributed by atoms with Crippen molar-refractivity contribution in [2.24, 2.45) is 0 Å². The molecule has 0 radical (unpaired) electrons. The number of aliphatic hydroxyl groups is 3. The topological polar surface area (TPSA) is 117 Å². The van der Waals surface area contributed by atoms with Gasteiger partial charge in [0.2, 0.25) is 6.29 Å². The predicted octanol–water partition coefficient (Wildman–Crippen LogP) is 1.31. The fourth-order valence-electron chi connectivity index (χ4n) is 5.92. The third-order valence-corrected chi connectivity index (χ3v) is 8.51. The molecule has 6 rings (SSSR count). The number of hydrogen-bond donors (Lipinski definition) is 3. The van der Waals surface area contributed by atoms with Crippen molar-refractivity contribution in [2.45, 2.75) is 57.5 Å². The Bertz CT molecular complexity index is 1660. The van der Waals surface area contributed by atoms with Gasteiger partial charge in [-0.05, 0) is 56.2 Å². The first-order chi connectivity index (χ1) is 17.9. The van der Waals surface area contributed by atoms with Crippen LogP contribution in [0.5, 0.6) is 5.75 Å². The summed E-state index contributed by atoms with van der Waals surface area (Å²) in [7, 11) is 0. The molecule has 3 N–H and O–H groups in total. The van der Waals surface area contributed by atoms with Crippen LogP contribution in [-0.2, 0) is 16.9 Å². The number of ketones is 1. The second kappa shape index (κ2) is 8.46. The summed E-state index contributed by atoms with van der Waals surface area (Å²) in [5.41, 5.74) is 0.657. The van der Waals surface area contributed by atoms with Gasteiger partial charge in [0.1, 0.15) is 18.0 Å². The largest absolute Gasteiger partial charge is 0.460 e. The van der Waals surface area contributed by atoms with Crippen molar-refractivity contribution in [1.82, 2.24) is 4.90 Å². The number of halogens is 1. The Morgan fingerprint density at radius 2 is 1.84 bits per heavy atom. The molecule has 3 aliphatic heterocycles. The number of aliphatic hydroxyl groups excluding tert-OH is 2. The fraction of sp³-hybridized carbons (Fsp3) is 0.310. The highest BCUT2D eigenvalue weighted by Gasteiger charge is 2.62. The molecule has 5 atom stereocenters. The third kappa shape index (κ3) is 3.29. The number of carbonyl (C=O) groups is 1. The van der Waals surface area contributed by atoms with Crippen molar-refractivity contribution in [2.75, 3.05) is 0 Å². The first-order valence-corrected chi connectivity index (χ1v) is 13.1. The second-order valence-corrected chi connectivity index (χ2v) is 11.1. The van der Waals surface area contributed by atoms with Crippen LogP contribution >= 0.6 is 15.9 Å². The van der Waals surface area contributed by atoms with Crippen LogP contribution in [0.15, 0.2) is 62.6 Å². The van der Waals surface area contributed by atoms with Crippen molar-refractivity contribution >= 4 is 33.9 Å². The summed E-state index contributed by atoms with van der Waals surface area (Å²) in [5.74, 6) is -0.378. The molecule has 2 aromatic rings. The number of fused-ring (bicyclic) bond motifs is 5. The van der Waals surface area contributed by atoms with Gasteiger partial charge in [0.25, 0.3) is 0 Å². The van der Waals surface area contributed by atoms with Gasteiger partial charge in [-0.15, -0.1) is 0 Å². The Morgan fingerprint density at radius 3 is 2.53 bits per heavy atom. The summed E-state index contributed by atoms with van der Waals surface area (Å²) in [4.78, 5) is 29.3. The quantitative estimate of drug-likeness (QED) is 0.487.